The van der Waals surface area contributed by atoms with Crippen LogP contribution in [0.3, 0.4) is 0 Å². The number of rotatable bonds is 18. The van der Waals surface area contributed by atoms with Crippen LogP contribution in [0.4, 0.5) is 5.95 Å². The second-order valence-corrected chi connectivity index (χ2v) is 14.9. The summed E-state index contributed by atoms with van der Waals surface area (Å²) in [6, 6.07) is -2.14. The Morgan fingerprint density at radius 1 is 1.04 bits per heavy atom. The third kappa shape index (κ3) is 9.83. The first kappa shape index (κ1) is 39.5. The molecule has 272 valence electrons. The topological polar surface area (TPSA) is 232 Å². The first-order valence-electron chi connectivity index (χ1n) is 16.3. The van der Waals surface area contributed by atoms with Gasteiger partial charge >= 0.3 is 19.6 Å². The molecule has 7 atom stereocenters. The number of nitrogen functional groups attached to an aromatic ring is 1. The van der Waals surface area contributed by atoms with E-state index in [9.17, 15) is 24.4 Å². The highest BCUT2D eigenvalue weighted by atomic mass is 31.2. The third-order valence-corrected chi connectivity index (χ3v) is 9.21. The molecule has 0 spiro atoms. The maximum atomic E-state index is 14.6. The fraction of sp³-hybridized carbons (Fsp3) is 0.767. The van der Waals surface area contributed by atoms with Crippen LogP contribution in [0.25, 0.3) is 11.2 Å². The van der Waals surface area contributed by atoms with Crippen molar-refractivity contribution in [3.63, 3.8) is 0 Å². The van der Waals surface area contributed by atoms with Crippen molar-refractivity contribution in [1.82, 2.24) is 29.7 Å². The number of anilines is 1. The van der Waals surface area contributed by atoms with Crippen molar-refractivity contribution in [1.29, 1.82) is 0 Å². The SMILES string of the molecule is CCOC(=O)[C@H](CC(C)C)NP(=O)(N[C@H](CC(C)C)C(=O)OCC)OC[C@H]1OC(n2cnc3c(OC(C)C)nc(N)nc32)C(C)(O)C1O. The van der Waals surface area contributed by atoms with Crippen molar-refractivity contribution in [3.05, 3.63) is 6.33 Å². The number of hydrogen-bond donors (Lipinski definition) is 5. The predicted octanol–water partition coefficient (Wildman–Crippen LogP) is 2.46. The normalized spacial score (nSPS) is 23.8. The average molecular weight is 702 g/mol. The number of aromatic nitrogens is 4. The molecule has 3 rings (SSSR count). The highest BCUT2D eigenvalue weighted by Crippen LogP contribution is 2.45. The largest absolute Gasteiger partial charge is 0.473 e. The summed E-state index contributed by atoms with van der Waals surface area (Å²) >= 11 is 0. The zero-order chi connectivity index (χ0) is 36.0. The van der Waals surface area contributed by atoms with Gasteiger partial charge in [-0.25, -0.2) is 15.2 Å². The van der Waals surface area contributed by atoms with Crippen LogP contribution in [0, 0.1) is 11.8 Å². The van der Waals surface area contributed by atoms with Gasteiger partial charge in [-0.15, -0.1) is 0 Å². The molecule has 2 aromatic heterocycles. The molecular weight excluding hydrogens is 649 g/mol. The number of aliphatic hydroxyl groups is 2. The standard InChI is InChI=1S/C30H52N7O10P/c1-10-43-26(39)19(12-16(3)4)35-48(42,36-20(13-17(5)6)27(40)44-11-2)45-14-21-23(38)30(9,41)28(47-21)37-15-32-22-24(37)33-29(31)34-25(22)46-18(7)8/h15-21,23,28,38,41H,10-14H2,1-9H3,(H2,31,33,34)(H2,35,36,42)/t19-,20+,21-,23?,28?,30?,48?/m1/s1. The van der Waals surface area contributed by atoms with E-state index in [-0.39, 0.29) is 67.0 Å². The van der Waals surface area contributed by atoms with E-state index in [0.29, 0.717) is 0 Å². The van der Waals surface area contributed by atoms with Crippen LogP contribution in [0.15, 0.2) is 6.33 Å². The fourth-order valence-corrected chi connectivity index (χ4v) is 7.12. The number of nitrogens with two attached hydrogens (primary N) is 1. The maximum absolute atomic E-state index is 14.6. The van der Waals surface area contributed by atoms with Gasteiger partial charge in [0.1, 0.15) is 29.9 Å². The summed E-state index contributed by atoms with van der Waals surface area (Å²) < 4.78 is 44.2. The lowest BCUT2D eigenvalue weighted by atomic mass is 9.96. The van der Waals surface area contributed by atoms with Crippen LogP contribution in [0.2, 0.25) is 0 Å². The zero-order valence-electron chi connectivity index (χ0n) is 29.2. The van der Waals surface area contributed by atoms with Gasteiger partial charge in [-0.05, 0) is 59.3 Å². The number of fused-ring (bicyclic) bond motifs is 1. The molecule has 48 heavy (non-hydrogen) atoms. The molecule has 2 aromatic rings. The lowest BCUT2D eigenvalue weighted by Gasteiger charge is -2.30. The quantitative estimate of drug-likeness (QED) is 0.111. The van der Waals surface area contributed by atoms with Gasteiger partial charge in [-0.2, -0.15) is 9.97 Å². The summed E-state index contributed by atoms with van der Waals surface area (Å²) in [6.45, 7) is 15.5. The number of ether oxygens (including phenoxy) is 4. The Morgan fingerprint density at radius 3 is 2.06 bits per heavy atom. The Kier molecular flexibility index (Phi) is 13.7. The van der Waals surface area contributed by atoms with E-state index < -0.39 is 62.3 Å². The summed E-state index contributed by atoms with van der Waals surface area (Å²) in [5, 5.41) is 28.3. The van der Waals surface area contributed by atoms with Gasteiger partial charge in [0.05, 0.1) is 32.3 Å². The molecule has 3 heterocycles. The predicted molar refractivity (Wildman–Crippen MR) is 176 cm³/mol. The van der Waals surface area contributed by atoms with E-state index >= 15 is 0 Å². The molecule has 1 aliphatic rings. The van der Waals surface area contributed by atoms with Crippen molar-refractivity contribution >= 4 is 36.7 Å². The lowest BCUT2D eigenvalue weighted by Crippen LogP contribution is -2.47. The van der Waals surface area contributed by atoms with Crippen molar-refractivity contribution in [3.8, 4) is 5.88 Å². The second kappa shape index (κ2) is 16.7. The number of nitrogens with zero attached hydrogens (tertiary/aromatic N) is 4. The van der Waals surface area contributed by atoms with Crippen molar-refractivity contribution in [2.24, 2.45) is 11.8 Å². The molecule has 0 aromatic carbocycles. The summed E-state index contributed by atoms with van der Waals surface area (Å²) in [6.07, 6.45) is -2.48. The molecule has 1 fully saturated rings. The van der Waals surface area contributed by atoms with E-state index in [1.165, 1.54) is 17.8 Å². The first-order chi connectivity index (χ1) is 22.4. The van der Waals surface area contributed by atoms with Gasteiger partial charge < -0.3 is 39.4 Å². The van der Waals surface area contributed by atoms with Gasteiger partial charge in [-0.1, -0.05) is 27.7 Å². The van der Waals surface area contributed by atoms with Crippen molar-refractivity contribution in [2.45, 2.75) is 117 Å². The number of nitrogens with one attached hydrogen (secondary N) is 2. The molecule has 1 aliphatic heterocycles. The molecule has 18 heteroatoms. The lowest BCUT2D eigenvalue weighted by molar-refractivity contribution is -0.146. The highest BCUT2D eigenvalue weighted by Gasteiger charge is 2.54. The Labute approximate surface area is 281 Å². The zero-order valence-corrected chi connectivity index (χ0v) is 30.1. The molecule has 4 unspecified atom stereocenters. The second-order valence-electron chi connectivity index (χ2n) is 13.0. The minimum absolute atomic E-state index is 0.0120. The van der Waals surface area contributed by atoms with Crippen molar-refractivity contribution < 1.29 is 47.8 Å². The van der Waals surface area contributed by atoms with Crippen LogP contribution < -0.4 is 20.6 Å². The fourth-order valence-electron chi connectivity index (χ4n) is 5.29. The molecule has 0 amide bonds. The molecule has 6 N–H and O–H groups in total. The summed E-state index contributed by atoms with van der Waals surface area (Å²) in [5.41, 5.74) is 4.45. The Morgan fingerprint density at radius 2 is 1.58 bits per heavy atom. The number of hydrogen-bond acceptors (Lipinski definition) is 14. The van der Waals surface area contributed by atoms with Crippen LogP contribution in [-0.4, -0.2) is 97.5 Å². The van der Waals surface area contributed by atoms with Crippen LogP contribution in [-0.2, 0) is 32.9 Å². The molecular formula is C30H52N7O10P. The van der Waals surface area contributed by atoms with Crippen LogP contribution >= 0.6 is 7.67 Å². The monoisotopic (exact) mass is 701 g/mol. The minimum atomic E-state index is -4.31. The molecule has 0 bridgehead atoms. The molecule has 0 saturated carbocycles. The van der Waals surface area contributed by atoms with Crippen LogP contribution in [0.1, 0.15) is 81.4 Å². The Bertz CT molecular complexity index is 1400. The van der Waals surface area contributed by atoms with Gasteiger partial charge in [-0.3, -0.25) is 18.7 Å². The number of aliphatic hydroxyl groups excluding tert-OH is 1. The van der Waals surface area contributed by atoms with E-state index in [1.54, 1.807) is 13.8 Å². The molecule has 17 nitrogen and oxygen atoms in total. The summed E-state index contributed by atoms with van der Waals surface area (Å²) in [5.74, 6) is -1.29. The van der Waals surface area contributed by atoms with Crippen molar-refractivity contribution in [2.75, 3.05) is 25.6 Å². The van der Waals surface area contributed by atoms with E-state index in [1.807, 2.05) is 41.5 Å². The number of esters is 2. The van der Waals surface area contributed by atoms with Crippen LogP contribution in [0.5, 0.6) is 5.88 Å². The number of carbonyl (C=O) groups is 2. The minimum Gasteiger partial charge on any atom is -0.473 e. The van der Waals surface area contributed by atoms with Gasteiger partial charge in [0.25, 0.3) is 0 Å². The summed E-state index contributed by atoms with van der Waals surface area (Å²) in [4.78, 5) is 38.6. The Balaban J connectivity index is 1.95. The number of imidazole rings is 1. The first-order valence-corrected chi connectivity index (χ1v) is 17.9. The van der Waals surface area contributed by atoms with Gasteiger partial charge in [0.15, 0.2) is 17.4 Å². The molecule has 0 radical (unpaired) electrons. The highest BCUT2D eigenvalue weighted by molar-refractivity contribution is 7.54. The Hall–Kier alpha value is -2.92. The van der Waals surface area contributed by atoms with Gasteiger partial charge in [0, 0.05) is 0 Å². The van der Waals surface area contributed by atoms with Gasteiger partial charge in [0.2, 0.25) is 11.8 Å². The maximum Gasteiger partial charge on any atom is 0.342 e. The number of carbonyl (C=O) groups excluding carboxylic acids is 2. The molecule has 0 aliphatic carbocycles. The van der Waals surface area contributed by atoms with E-state index in [4.69, 9.17) is 29.2 Å². The van der Waals surface area contributed by atoms with E-state index in [2.05, 4.69) is 25.1 Å². The van der Waals surface area contributed by atoms with E-state index in [0.717, 1.165) is 0 Å². The summed E-state index contributed by atoms with van der Waals surface area (Å²) in [7, 11) is -4.31. The average Bonchev–Trinajstić information content (AvgIpc) is 3.48. The smallest absolute Gasteiger partial charge is 0.342 e. The molecule has 1 saturated heterocycles. The third-order valence-electron chi connectivity index (χ3n) is 7.39.